The minimum Gasteiger partial charge on any atom is -0.385 e. The lowest BCUT2D eigenvalue weighted by Crippen LogP contribution is -2.39. The number of ether oxygens (including phenoxy) is 1. The molecule has 0 aliphatic carbocycles. The summed E-state index contributed by atoms with van der Waals surface area (Å²) >= 11 is 6.05. The van der Waals surface area contributed by atoms with Gasteiger partial charge in [0.2, 0.25) is 0 Å². The molecule has 0 amide bonds. The van der Waals surface area contributed by atoms with Crippen molar-refractivity contribution in [1.29, 1.82) is 0 Å². The monoisotopic (exact) mass is 328 g/mol. The summed E-state index contributed by atoms with van der Waals surface area (Å²) in [6.45, 7) is 3.88. The average molecular weight is 329 g/mol. The third-order valence-corrected chi connectivity index (χ3v) is 4.08. The highest BCUT2D eigenvalue weighted by atomic mass is 35.5. The molecule has 7 nitrogen and oxygen atoms in total. The molecule has 1 fully saturated rings. The second-order valence-electron chi connectivity index (χ2n) is 5.39. The van der Waals surface area contributed by atoms with Crippen LogP contribution in [0.5, 0.6) is 0 Å². The summed E-state index contributed by atoms with van der Waals surface area (Å²) in [5, 5.41) is 14.2. The fourth-order valence-corrected chi connectivity index (χ4v) is 2.78. The summed E-state index contributed by atoms with van der Waals surface area (Å²) in [6.07, 6.45) is 4.28. The van der Waals surface area contributed by atoms with E-state index in [4.69, 9.17) is 16.3 Å². The van der Waals surface area contributed by atoms with Gasteiger partial charge in [0.15, 0.2) is 0 Å². The molecule has 0 unspecified atom stereocenters. The highest BCUT2D eigenvalue weighted by molar-refractivity contribution is 6.33. The van der Waals surface area contributed by atoms with Crippen LogP contribution in [-0.2, 0) is 4.74 Å². The Morgan fingerprint density at radius 2 is 2.27 bits per heavy atom. The molecule has 22 heavy (non-hydrogen) atoms. The van der Waals surface area contributed by atoms with Gasteiger partial charge in [-0.15, -0.1) is 0 Å². The van der Waals surface area contributed by atoms with E-state index in [1.54, 1.807) is 7.11 Å². The van der Waals surface area contributed by atoms with Crippen LogP contribution in [0.3, 0.4) is 0 Å². The van der Waals surface area contributed by atoms with Crippen LogP contribution in [0, 0.1) is 10.1 Å². The second kappa shape index (κ2) is 8.26. The van der Waals surface area contributed by atoms with Crippen molar-refractivity contribution in [1.82, 2.24) is 9.88 Å². The molecule has 2 rings (SSSR count). The summed E-state index contributed by atoms with van der Waals surface area (Å²) in [5.41, 5.74) is -0.0940. The van der Waals surface area contributed by atoms with Crippen molar-refractivity contribution < 1.29 is 9.66 Å². The van der Waals surface area contributed by atoms with E-state index in [9.17, 15) is 10.1 Å². The zero-order valence-electron chi connectivity index (χ0n) is 12.6. The van der Waals surface area contributed by atoms with Crippen molar-refractivity contribution in [2.75, 3.05) is 38.7 Å². The predicted octanol–water partition coefficient (Wildman–Crippen LogP) is 2.56. The van der Waals surface area contributed by atoms with Crippen molar-refractivity contribution in [3.8, 4) is 0 Å². The number of aromatic nitrogens is 1. The van der Waals surface area contributed by atoms with E-state index in [-0.39, 0.29) is 10.7 Å². The van der Waals surface area contributed by atoms with E-state index >= 15 is 0 Å². The van der Waals surface area contributed by atoms with Crippen molar-refractivity contribution in [2.45, 2.75) is 25.3 Å². The number of nitrogens with one attached hydrogen (secondary N) is 1. The van der Waals surface area contributed by atoms with E-state index in [0.717, 1.165) is 45.5 Å². The first-order valence-corrected chi connectivity index (χ1v) is 7.75. The van der Waals surface area contributed by atoms with Crippen molar-refractivity contribution in [3.05, 3.63) is 27.4 Å². The molecule has 1 N–H and O–H groups in total. The van der Waals surface area contributed by atoms with Crippen molar-refractivity contribution >= 4 is 23.1 Å². The van der Waals surface area contributed by atoms with Crippen LogP contribution in [-0.4, -0.2) is 54.2 Å². The number of hydrogen-bond acceptors (Lipinski definition) is 6. The third kappa shape index (κ3) is 4.79. The molecule has 1 aromatic heterocycles. The maximum absolute atomic E-state index is 10.7. The number of halogens is 1. The fourth-order valence-electron chi connectivity index (χ4n) is 2.56. The standard InChI is InChI=1S/C14H21ClN4O3/c1-22-8-2-5-18-6-3-11(4-7-18)17-14-13(15)9-12(10-16-14)19(20)21/h9-11H,2-8H2,1H3,(H,16,17). The van der Waals surface area contributed by atoms with Gasteiger partial charge in [-0.3, -0.25) is 10.1 Å². The number of pyridine rings is 1. The Bertz CT molecular complexity index is 507. The van der Waals surface area contributed by atoms with E-state index in [2.05, 4.69) is 15.2 Å². The molecular weight excluding hydrogens is 308 g/mol. The van der Waals surface area contributed by atoms with Gasteiger partial charge in [-0.25, -0.2) is 4.98 Å². The first-order valence-electron chi connectivity index (χ1n) is 7.38. The summed E-state index contributed by atoms with van der Waals surface area (Å²) in [7, 11) is 1.72. The molecule has 0 atom stereocenters. The highest BCUT2D eigenvalue weighted by Crippen LogP contribution is 2.26. The van der Waals surface area contributed by atoms with Gasteiger partial charge in [-0.2, -0.15) is 0 Å². The summed E-state index contributed by atoms with van der Waals surface area (Å²) in [5.74, 6) is 0.519. The third-order valence-electron chi connectivity index (χ3n) is 3.79. The lowest BCUT2D eigenvalue weighted by atomic mass is 10.0. The zero-order chi connectivity index (χ0) is 15.9. The van der Waals surface area contributed by atoms with Crippen LogP contribution < -0.4 is 5.32 Å². The number of nitro groups is 1. The highest BCUT2D eigenvalue weighted by Gasteiger charge is 2.20. The molecule has 1 aromatic rings. The van der Waals surface area contributed by atoms with Gasteiger partial charge in [0, 0.05) is 45.5 Å². The summed E-state index contributed by atoms with van der Waals surface area (Å²) in [4.78, 5) is 16.6. The largest absolute Gasteiger partial charge is 0.385 e. The van der Waals surface area contributed by atoms with E-state index in [1.807, 2.05) is 0 Å². The average Bonchev–Trinajstić information content (AvgIpc) is 2.51. The molecule has 1 saturated heterocycles. The quantitative estimate of drug-likeness (QED) is 0.470. The molecule has 0 spiro atoms. The number of hydrogen-bond donors (Lipinski definition) is 1. The van der Waals surface area contributed by atoms with Crippen LogP contribution in [0.4, 0.5) is 11.5 Å². The van der Waals surface area contributed by atoms with E-state index in [1.165, 1.54) is 12.3 Å². The summed E-state index contributed by atoms with van der Waals surface area (Å²) in [6, 6.07) is 1.63. The first kappa shape index (κ1) is 16.9. The lowest BCUT2D eigenvalue weighted by molar-refractivity contribution is -0.385. The number of piperidine rings is 1. The minimum atomic E-state index is -0.499. The molecule has 1 aliphatic heterocycles. The Balaban J connectivity index is 1.82. The SMILES string of the molecule is COCCCN1CCC(Nc2ncc([N+](=O)[O-])cc2Cl)CC1. The minimum absolute atomic E-state index is 0.0940. The predicted molar refractivity (Wildman–Crippen MR) is 85.5 cm³/mol. The normalized spacial score (nSPS) is 16.6. The summed E-state index contributed by atoms with van der Waals surface area (Å²) < 4.78 is 5.06. The molecule has 0 saturated carbocycles. The second-order valence-corrected chi connectivity index (χ2v) is 5.79. The van der Waals surface area contributed by atoms with Gasteiger partial charge in [-0.05, 0) is 19.3 Å². The van der Waals surface area contributed by atoms with Crippen LogP contribution in [0.2, 0.25) is 5.02 Å². The topological polar surface area (TPSA) is 80.5 Å². The van der Waals surface area contributed by atoms with Gasteiger partial charge in [0.05, 0.1) is 9.95 Å². The van der Waals surface area contributed by atoms with Crippen LogP contribution in [0.1, 0.15) is 19.3 Å². The van der Waals surface area contributed by atoms with Crippen LogP contribution in [0.25, 0.3) is 0 Å². The maximum atomic E-state index is 10.7. The van der Waals surface area contributed by atoms with Gasteiger partial charge >= 0.3 is 0 Å². The molecule has 0 radical (unpaired) electrons. The van der Waals surface area contributed by atoms with Crippen LogP contribution in [0.15, 0.2) is 12.3 Å². The smallest absolute Gasteiger partial charge is 0.289 e. The van der Waals surface area contributed by atoms with Gasteiger partial charge < -0.3 is 15.0 Å². The number of likely N-dealkylation sites (tertiary alicyclic amines) is 1. The molecule has 122 valence electrons. The van der Waals surface area contributed by atoms with Gasteiger partial charge in [0.1, 0.15) is 12.0 Å². The zero-order valence-corrected chi connectivity index (χ0v) is 13.4. The first-order chi connectivity index (χ1) is 10.6. The molecular formula is C14H21ClN4O3. The van der Waals surface area contributed by atoms with E-state index in [0.29, 0.717) is 11.9 Å². The van der Waals surface area contributed by atoms with Crippen LogP contribution >= 0.6 is 11.6 Å². The Labute approximate surface area is 134 Å². The Morgan fingerprint density at radius 3 is 2.86 bits per heavy atom. The Morgan fingerprint density at radius 1 is 1.55 bits per heavy atom. The van der Waals surface area contributed by atoms with E-state index < -0.39 is 4.92 Å². The van der Waals surface area contributed by atoms with Crippen molar-refractivity contribution in [3.63, 3.8) is 0 Å². The number of anilines is 1. The molecule has 2 heterocycles. The van der Waals surface area contributed by atoms with Gasteiger partial charge in [-0.1, -0.05) is 11.6 Å². The fraction of sp³-hybridized carbons (Fsp3) is 0.643. The molecule has 1 aliphatic rings. The Kier molecular flexibility index (Phi) is 6.35. The maximum Gasteiger partial charge on any atom is 0.289 e. The van der Waals surface area contributed by atoms with Gasteiger partial charge in [0.25, 0.3) is 5.69 Å². The molecule has 8 heteroatoms. The Hall–Kier alpha value is -1.44. The molecule has 0 bridgehead atoms. The number of nitrogens with zero attached hydrogens (tertiary/aromatic N) is 3. The molecule has 0 aromatic carbocycles. The number of methoxy groups -OCH3 is 1. The lowest BCUT2D eigenvalue weighted by Gasteiger charge is -2.32. The van der Waals surface area contributed by atoms with Crippen molar-refractivity contribution in [2.24, 2.45) is 0 Å². The number of rotatable bonds is 7.